The van der Waals surface area contributed by atoms with Crippen molar-refractivity contribution < 1.29 is 27.9 Å². The maximum absolute atomic E-state index is 11.9. The monoisotopic (exact) mass is 371 g/mol. The van der Waals surface area contributed by atoms with E-state index in [0.717, 1.165) is 0 Å². The lowest BCUT2D eigenvalue weighted by Gasteiger charge is -2.27. The van der Waals surface area contributed by atoms with E-state index in [1.54, 1.807) is 20.8 Å². The van der Waals surface area contributed by atoms with Crippen LogP contribution in [-0.4, -0.2) is 43.9 Å². The first-order chi connectivity index (χ1) is 11.3. The summed E-state index contributed by atoms with van der Waals surface area (Å²) in [6, 6.07) is 3.74. The smallest absolute Gasteiger partial charge is 0.326 e. The lowest BCUT2D eigenvalue weighted by Crippen LogP contribution is -2.51. The summed E-state index contributed by atoms with van der Waals surface area (Å²) < 4.78 is 22.3. The Morgan fingerprint density at radius 3 is 2.08 bits per heavy atom. The molecule has 9 nitrogen and oxygen atoms in total. The molecule has 1 aromatic carbocycles. The molecule has 0 saturated heterocycles. The summed E-state index contributed by atoms with van der Waals surface area (Å²) >= 11 is 0. The van der Waals surface area contributed by atoms with Crippen molar-refractivity contribution in [3.8, 4) is 0 Å². The van der Waals surface area contributed by atoms with Gasteiger partial charge in [-0.05, 0) is 29.7 Å². The molecule has 0 aliphatic carbocycles. The van der Waals surface area contributed by atoms with Gasteiger partial charge in [-0.15, -0.1) is 0 Å². The Bertz CT molecular complexity index is 765. The summed E-state index contributed by atoms with van der Waals surface area (Å²) in [7, 11) is -3.86. The lowest BCUT2D eigenvalue weighted by atomic mass is 9.87. The molecule has 0 radical (unpaired) electrons. The van der Waals surface area contributed by atoms with E-state index in [-0.39, 0.29) is 10.5 Å². The average molecular weight is 371 g/mol. The number of hydrogen-bond donors (Lipinski definition) is 4. The third-order valence-corrected chi connectivity index (χ3v) is 4.20. The summed E-state index contributed by atoms with van der Waals surface area (Å²) in [4.78, 5) is 34.8. The van der Waals surface area contributed by atoms with Crippen LogP contribution in [0.3, 0.4) is 0 Å². The second-order valence-corrected chi connectivity index (χ2v) is 8.02. The molecule has 2 amide bonds. The molecular formula is C15H21N3O6S. The van der Waals surface area contributed by atoms with Crippen LogP contribution in [0.25, 0.3) is 0 Å². The number of benzene rings is 1. The van der Waals surface area contributed by atoms with Gasteiger partial charge >= 0.3 is 5.97 Å². The van der Waals surface area contributed by atoms with Gasteiger partial charge in [0.2, 0.25) is 15.9 Å². The number of hydrogen-bond acceptors (Lipinski definition) is 5. The van der Waals surface area contributed by atoms with Crippen molar-refractivity contribution in [2.75, 3.05) is 6.54 Å². The maximum Gasteiger partial charge on any atom is 0.326 e. The second-order valence-electron chi connectivity index (χ2n) is 6.46. The first-order valence-corrected chi connectivity index (χ1v) is 8.80. The van der Waals surface area contributed by atoms with Crippen molar-refractivity contribution in [2.24, 2.45) is 10.6 Å². The number of nitrogens with two attached hydrogens (primary N) is 1. The molecule has 0 saturated carbocycles. The van der Waals surface area contributed by atoms with Crippen LogP contribution in [0.15, 0.2) is 29.2 Å². The van der Waals surface area contributed by atoms with E-state index in [2.05, 4.69) is 10.6 Å². The minimum absolute atomic E-state index is 0.130. The van der Waals surface area contributed by atoms with Gasteiger partial charge in [-0.3, -0.25) is 9.59 Å². The summed E-state index contributed by atoms with van der Waals surface area (Å²) in [5.41, 5.74) is -0.569. The Kier molecular flexibility index (Phi) is 6.27. The van der Waals surface area contributed by atoms with Crippen molar-refractivity contribution in [2.45, 2.75) is 31.7 Å². The Morgan fingerprint density at radius 1 is 1.16 bits per heavy atom. The van der Waals surface area contributed by atoms with Gasteiger partial charge in [0.15, 0.2) is 0 Å². The second kappa shape index (κ2) is 7.62. The molecule has 25 heavy (non-hydrogen) atoms. The predicted octanol–water partition coefficient (Wildman–Crippen LogP) is -0.321. The lowest BCUT2D eigenvalue weighted by molar-refractivity contribution is -0.144. The molecule has 1 unspecified atom stereocenters. The number of primary sulfonamides is 1. The Morgan fingerprint density at radius 2 is 1.68 bits per heavy atom. The molecule has 1 rings (SSSR count). The zero-order valence-electron chi connectivity index (χ0n) is 14.1. The number of carboxylic acids is 1. The summed E-state index contributed by atoms with van der Waals surface area (Å²) in [5.74, 6) is -2.44. The number of nitrogens with one attached hydrogen (secondary N) is 2. The summed E-state index contributed by atoms with van der Waals surface area (Å²) in [6.07, 6.45) is 0. The fraction of sp³-hybridized carbons (Fsp3) is 0.400. The topological polar surface area (TPSA) is 156 Å². The molecular weight excluding hydrogens is 350 g/mol. The number of carbonyl (C=O) groups excluding carboxylic acids is 2. The normalized spacial score (nSPS) is 13.0. The van der Waals surface area contributed by atoms with Gasteiger partial charge < -0.3 is 15.7 Å². The van der Waals surface area contributed by atoms with Crippen LogP contribution in [0.4, 0.5) is 0 Å². The first kappa shape index (κ1) is 20.6. The zero-order chi connectivity index (χ0) is 19.4. The molecule has 0 aliphatic heterocycles. The van der Waals surface area contributed by atoms with Crippen LogP contribution in [0.2, 0.25) is 0 Å². The highest BCUT2D eigenvalue weighted by Gasteiger charge is 2.32. The van der Waals surface area contributed by atoms with Crippen LogP contribution in [-0.2, 0) is 19.6 Å². The number of sulfonamides is 1. The van der Waals surface area contributed by atoms with E-state index in [4.69, 9.17) is 10.2 Å². The molecule has 138 valence electrons. The molecule has 0 aromatic heterocycles. The standard InChI is InChI=1S/C15H21N3O6S/c1-15(2,3)12(14(21)22)18-11(19)8-17-13(20)9-4-6-10(7-5-9)25(16,23)24/h4-7,12H,8H2,1-3H3,(H,17,20)(H,18,19)(H,21,22)(H2,16,23,24). The van der Waals surface area contributed by atoms with Gasteiger partial charge in [-0.2, -0.15) is 0 Å². The van der Waals surface area contributed by atoms with Gasteiger partial charge in [-0.25, -0.2) is 18.4 Å². The molecule has 0 bridgehead atoms. The van der Waals surface area contributed by atoms with E-state index in [9.17, 15) is 22.8 Å². The Balaban J connectivity index is 2.67. The highest BCUT2D eigenvalue weighted by atomic mass is 32.2. The van der Waals surface area contributed by atoms with Crippen molar-refractivity contribution in [1.29, 1.82) is 0 Å². The summed E-state index contributed by atoms with van der Waals surface area (Å²) in [6.45, 7) is 4.57. The third kappa shape index (κ3) is 6.16. The number of carbonyl (C=O) groups is 3. The van der Waals surface area contributed by atoms with Gasteiger partial charge in [-0.1, -0.05) is 20.8 Å². The molecule has 0 spiro atoms. The van der Waals surface area contributed by atoms with Crippen molar-refractivity contribution in [3.05, 3.63) is 29.8 Å². The largest absolute Gasteiger partial charge is 0.480 e. The van der Waals surface area contributed by atoms with Gasteiger partial charge in [0.05, 0.1) is 11.4 Å². The van der Waals surface area contributed by atoms with E-state index >= 15 is 0 Å². The zero-order valence-corrected chi connectivity index (χ0v) is 14.9. The summed E-state index contributed by atoms with van der Waals surface area (Å²) in [5, 5.41) is 18.8. The van der Waals surface area contributed by atoms with E-state index < -0.39 is 45.8 Å². The van der Waals surface area contributed by atoms with E-state index in [0.29, 0.717) is 0 Å². The number of amides is 2. The van der Waals surface area contributed by atoms with Gasteiger partial charge in [0.1, 0.15) is 6.04 Å². The Labute approximate surface area is 145 Å². The van der Waals surface area contributed by atoms with E-state index in [1.165, 1.54) is 24.3 Å². The number of rotatable bonds is 6. The van der Waals surface area contributed by atoms with Crippen LogP contribution in [0.1, 0.15) is 31.1 Å². The quantitative estimate of drug-likeness (QED) is 0.537. The molecule has 0 heterocycles. The fourth-order valence-electron chi connectivity index (χ4n) is 1.92. The van der Waals surface area contributed by atoms with Gasteiger partial charge in [0.25, 0.3) is 5.91 Å². The highest BCUT2D eigenvalue weighted by Crippen LogP contribution is 2.19. The highest BCUT2D eigenvalue weighted by molar-refractivity contribution is 7.89. The van der Waals surface area contributed by atoms with Crippen LogP contribution in [0, 0.1) is 5.41 Å². The fourth-order valence-corrected chi connectivity index (χ4v) is 2.43. The molecule has 0 fully saturated rings. The number of carboxylic acid groups (broad SMARTS) is 1. The van der Waals surface area contributed by atoms with Crippen molar-refractivity contribution in [3.63, 3.8) is 0 Å². The maximum atomic E-state index is 11.9. The molecule has 10 heteroatoms. The third-order valence-electron chi connectivity index (χ3n) is 3.27. The minimum Gasteiger partial charge on any atom is -0.480 e. The van der Waals surface area contributed by atoms with Crippen LogP contribution in [0.5, 0.6) is 0 Å². The molecule has 1 aromatic rings. The minimum atomic E-state index is -3.86. The molecule has 0 aliphatic rings. The van der Waals surface area contributed by atoms with Crippen molar-refractivity contribution in [1.82, 2.24) is 10.6 Å². The Hall–Kier alpha value is -2.46. The molecule has 5 N–H and O–H groups in total. The predicted molar refractivity (Wildman–Crippen MR) is 89.2 cm³/mol. The van der Waals surface area contributed by atoms with Gasteiger partial charge in [0, 0.05) is 5.56 Å². The van der Waals surface area contributed by atoms with Crippen LogP contribution >= 0.6 is 0 Å². The van der Waals surface area contributed by atoms with E-state index in [1.807, 2.05) is 0 Å². The van der Waals surface area contributed by atoms with Crippen molar-refractivity contribution >= 4 is 27.8 Å². The molecule has 1 atom stereocenters. The number of aliphatic carboxylic acids is 1. The SMILES string of the molecule is CC(C)(C)C(NC(=O)CNC(=O)c1ccc(S(N)(=O)=O)cc1)C(=O)O. The first-order valence-electron chi connectivity index (χ1n) is 7.25. The average Bonchev–Trinajstić information content (AvgIpc) is 2.48. The van der Waals surface area contributed by atoms with Crippen LogP contribution < -0.4 is 15.8 Å².